The van der Waals surface area contributed by atoms with Gasteiger partial charge in [-0.1, -0.05) is 15.9 Å². The maximum absolute atomic E-state index is 9.06. The molecule has 2 aliphatic rings. The van der Waals surface area contributed by atoms with Crippen molar-refractivity contribution in [2.75, 3.05) is 24.5 Å². The van der Waals surface area contributed by atoms with E-state index in [-0.39, 0.29) is 0 Å². The number of hydrogen-bond acceptors (Lipinski definition) is 3. The average Bonchev–Trinajstić information content (AvgIpc) is 2.92. The number of nitrogens with one attached hydrogen (secondary N) is 1. The lowest BCUT2D eigenvalue weighted by molar-refractivity contribution is 0.471. The molecular weight excluding hydrogens is 290 g/mol. The van der Waals surface area contributed by atoms with Crippen LogP contribution in [0.25, 0.3) is 0 Å². The van der Waals surface area contributed by atoms with Crippen molar-refractivity contribution in [1.29, 1.82) is 5.26 Å². The van der Waals surface area contributed by atoms with E-state index in [1.807, 2.05) is 12.1 Å². The highest BCUT2D eigenvalue weighted by Crippen LogP contribution is 2.36. The molecule has 0 radical (unpaired) electrons. The standard InChI is InChI=1S/C14H16BrN3/c1-9-14-7-17-6-11(14)8-18(9)13-3-10(5-16)2-12(15)4-13/h2-4,9,11,14,17H,6-8H2,1H3. The Kier molecular flexibility index (Phi) is 3.04. The van der Waals surface area contributed by atoms with E-state index in [4.69, 9.17) is 5.26 Å². The third-order valence-electron chi connectivity index (χ3n) is 4.28. The smallest absolute Gasteiger partial charge is 0.0992 e. The summed E-state index contributed by atoms with van der Waals surface area (Å²) in [5.74, 6) is 1.50. The van der Waals surface area contributed by atoms with Gasteiger partial charge in [-0.25, -0.2) is 0 Å². The quantitative estimate of drug-likeness (QED) is 0.866. The van der Waals surface area contributed by atoms with Crippen molar-refractivity contribution < 1.29 is 0 Å². The SMILES string of the molecule is CC1C2CNCC2CN1c1cc(Br)cc(C#N)c1. The summed E-state index contributed by atoms with van der Waals surface area (Å²) in [5, 5.41) is 12.5. The number of halogens is 1. The highest BCUT2D eigenvalue weighted by atomic mass is 79.9. The predicted octanol–water partition coefficient (Wildman–Crippen LogP) is 2.36. The molecule has 0 spiro atoms. The molecule has 2 saturated heterocycles. The topological polar surface area (TPSA) is 39.1 Å². The first kappa shape index (κ1) is 12.0. The fourth-order valence-corrected chi connectivity index (χ4v) is 3.79. The number of rotatable bonds is 1. The van der Waals surface area contributed by atoms with Crippen LogP contribution in [0.15, 0.2) is 22.7 Å². The Labute approximate surface area is 116 Å². The Balaban J connectivity index is 1.92. The normalized spacial score (nSPS) is 30.3. The lowest BCUT2D eigenvalue weighted by Crippen LogP contribution is -2.33. The van der Waals surface area contributed by atoms with E-state index in [1.165, 1.54) is 5.69 Å². The zero-order valence-corrected chi connectivity index (χ0v) is 11.9. The van der Waals surface area contributed by atoms with Crippen molar-refractivity contribution in [3.63, 3.8) is 0 Å². The molecule has 0 saturated carbocycles. The molecule has 1 N–H and O–H groups in total. The summed E-state index contributed by atoms with van der Waals surface area (Å²) in [5.41, 5.74) is 1.89. The molecule has 2 fully saturated rings. The monoisotopic (exact) mass is 305 g/mol. The highest BCUT2D eigenvalue weighted by Gasteiger charge is 2.41. The van der Waals surface area contributed by atoms with Crippen LogP contribution in [0.3, 0.4) is 0 Å². The summed E-state index contributed by atoms with van der Waals surface area (Å²) < 4.78 is 0.985. The summed E-state index contributed by atoms with van der Waals surface area (Å²) in [7, 11) is 0. The van der Waals surface area contributed by atoms with E-state index in [0.717, 1.165) is 41.5 Å². The Morgan fingerprint density at radius 2 is 2.22 bits per heavy atom. The second kappa shape index (κ2) is 4.56. The number of hydrogen-bond donors (Lipinski definition) is 1. The van der Waals surface area contributed by atoms with Gasteiger partial charge < -0.3 is 10.2 Å². The number of nitrogens with zero attached hydrogens (tertiary/aromatic N) is 2. The molecule has 3 rings (SSSR count). The van der Waals surface area contributed by atoms with Crippen molar-refractivity contribution in [3.05, 3.63) is 28.2 Å². The van der Waals surface area contributed by atoms with Crippen LogP contribution in [0.5, 0.6) is 0 Å². The van der Waals surface area contributed by atoms with E-state index in [2.05, 4.69) is 45.2 Å². The maximum Gasteiger partial charge on any atom is 0.0992 e. The van der Waals surface area contributed by atoms with Gasteiger partial charge in [0.1, 0.15) is 0 Å². The minimum absolute atomic E-state index is 0.547. The first-order valence-corrected chi connectivity index (χ1v) is 7.16. The van der Waals surface area contributed by atoms with Crippen molar-refractivity contribution in [2.24, 2.45) is 11.8 Å². The molecule has 0 amide bonds. The molecule has 1 aromatic rings. The van der Waals surface area contributed by atoms with Gasteiger partial charge in [0.15, 0.2) is 0 Å². The maximum atomic E-state index is 9.06. The Morgan fingerprint density at radius 3 is 2.94 bits per heavy atom. The van der Waals surface area contributed by atoms with Gasteiger partial charge in [0.2, 0.25) is 0 Å². The van der Waals surface area contributed by atoms with Crippen molar-refractivity contribution in [3.8, 4) is 6.07 Å². The molecule has 0 aliphatic carbocycles. The lowest BCUT2D eigenvalue weighted by atomic mass is 9.95. The van der Waals surface area contributed by atoms with Gasteiger partial charge in [0.05, 0.1) is 11.6 Å². The van der Waals surface area contributed by atoms with Gasteiger partial charge in [0, 0.05) is 35.8 Å². The van der Waals surface area contributed by atoms with Crippen molar-refractivity contribution in [2.45, 2.75) is 13.0 Å². The van der Waals surface area contributed by atoms with Crippen molar-refractivity contribution in [1.82, 2.24) is 5.32 Å². The van der Waals surface area contributed by atoms with Crippen molar-refractivity contribution >= 4 is 21.6 Å². The van der Waals surface area contributed by atoms with E-state index in [0.29, 0.717) is 6.04 Å². The van der Waals surface area contributed by atoms with Crippen LogP contribution in [0.4, 0.5) is 5.69 Å². The van der Waals surface area contributed by atoms with Crippen LogP contribution in [0.2, 0.25) is 0 Å². The molecule has 18 heavy (non-hydrogen) atoms. The van der Waals surface area contributed by atoms with E-state index in [1.54, 1.807) is 0 Å². The molecular formula is C14H16BrN3. The van der Waals surface area contributed by atoms with E-state index < -0.39 is 0 Å². The number of anilines is 1. The van der Waals surface area contributed by atoms with Crippen LogP contribution in [-0.2, 0) is 0 Å². The fourth-order valence-electron chi connectivity index (χ4n) is 3.31. The molecule has 3 nitrogen and oxygen atoms in total. The third-order valence-corrected chi connectivity index (χ3v) is 4.74. The first-order valence-electron chi connectivity index (χ1n) is 6.37. The molecule has 4 heteroatoms. The van der Waals surface area contributed by atoms with Crippen LogP contribution >= 0.6 is 15.9 Å². The van der Waals surface area contributed by atoms with Gasteiger partial charge in [-0.3, -0.25) is 0 Å². The van der Waals surface area contributed by atoms with Crippen LogP contribution in [0.1, 0.15) is 12.5 Å². The number of fused-ring (bicyclic) bond motifs is 1. The molecule has 3 unspecified atom stereocenters. The molecule has 3 atom stereocenters. The Bertz CT molecular complexity index is 508. The number of benzene rings is 1. The summed E-state index contributed by atoms with van der Waals surface area (Å²) in [6, 6.07) is 8.76. The first-order chi connectivity index (χ1) is 8.69. The van der Waals surface area contributed by atoms with Gasteiger partial charge in [0.25, 0.3) is 0 Å². The molecule has 94 valence electrons. The van der Waals surface area contributed by atoms with Gasteiger partial charge >= 0.3 is 0 Å². The largest absolute Gasteiger partial charge is 0.368 e. The summed E-state index contributed by atoms with van der Waals surface area (Å²) in [6.45, 7) is 5.65. The van der Waals surface area contributed by atoms with E-state index >= 15 is 0 Å². The zero-order chi connectivity index (χ0) is 12.7. The molecule has 1 aromatic carbocycles. The third kappa shape index (κ3) is 1.92. The van der Waals surface area contributed by atoms with Crippen LogP contribution < -0.4 is 10.2 Å². The predicted molar refractivity (Wildman–Crippen MR) is 75.5 cm³/mol. The fraction of sp³-hybridized carbons (Fsp3) is 0.500. The average molecular weight is 306 g/mol. The zero-order valence-electron chi connectivity index (χ0n) is 10.4. The Morgan fingerprint density at radius 1 is 1.39 bits per heavy atom. The molecule has 0 bridgehead atoms. The Hall–Kier alpha value is -1.05. The summed E-state index contributed by atoms with van der Waals surface area (Å²) >= 11 is 3.49. The van der Waals surface area contributed by atoms with Crippen LogP contribution in [-0.4, -0.2) is 25.7 Å². The second-order valence-electron chi connectivity index (χ2n) is 5.29. The summed E-state index contributed by atoms with van der Waals surface area (Å²) in [4.78, 5) is 2.45. The second-order valence-corrected chi connectivity index (χ2v) is 6.20. The minimum atomic E-state index is 0.547. The lowest BCUT2D eigenvalue weighted by Gasteiger charge is -2.27. The molecule has 2 aliphatic heterocycles. The molecule has 0 aromatic heterocycles. The van der Waals surface area contributed by atoms with Crippen LogP contribution in [0, 0.1) is 23.2 Å². The van der Waals surface area contributed by atoms with E-state index in [9.17, 15) is 0 Å². The minimum Gasteiger partial charge on any atom is -0.368 e. The summed E-state index contributed by atoms with van der Waals surface area (Å²) in [6.07, 6.45) is 0. The highest BCUT2D eigenvalue weighted by molar-refractivity contribution is 9.10. The molecule has 2 heterocycles. The number of nitriles is 1. The van der Waals surface area contributed by atoms with Gasteiger partial charge in [-0.05, 0) is 37.0 Å². The van der Waals surface area contributed by atoms with Gasteiger partial charge in [-0.15, -0.1) is 0 Å². The van der Waals surface area contributed by atoms with Gasteiger partial charge in [-0.2, -0.15) is 5.26 Å².